The summed E-state index contributed by atoms with van der Waals surface area (Å²) in [5.41, 5.74) is 0. The van der Waals surface area contributed by atoms with Crippen molar-refractivity contribution in [3.05, 3.63) is 0 Å². The maximum atomic E-state index is 10.9. The quantitative estimate of drug-likeness (QED) is 0.358. The second-order valence-corrected chi connectivity index (χ2v) is 9.39. The van der Waals surface area contributed by atoms with Crippen molar-refractivity contribution in [2.24, 2.45) is 0 Å². The highest BCUT2D eigenvalue weighted by Gasteiger charge is 2.20. The van der Waals surface area contributed by atoms with Crippen molar-refractivity contribution in [1.29, 1.82) is 0 Å². The summed E-state index contributed by atoms with van der Waals surface area (Å²) in [6.07, 6.45) is 3.77. The fourth-order valence-electron chi connectivity index (χ4n) is 1.85. The Balaban J connectivity index is 3.28. The number of esters is 1. The highest BCUT2D eigenvalue weighted by molar-refractivity contribution is 6.71. The summed E-state index contributed by atoms with van der Waals surface area (Å²) in [6.45, 7) is 9.38. The van der Waals surface area contributed by atoms with E-state index in [1.807, 2.05) is 0 Å². The summed E-state index contributed by atoms with van der Waals surface area (Å²) >= 11 is 0. The van der Waals surface area contributed by atoms with Crippen LogP contribution in [0.2, 0.25) is 19.1 Å². The van der Waals surface area contributed by atoms with Crippen molar-refractivity contribution in [2.45, 2.75) is 51.7 Å². The molecule has 18 heavy (non-hydrogen) atoms. The van der Waals surface area contributed by atoms with Gasteiger partial charge in [-0.25, -0.2) is 0 Å². The van der Waals surface area contributed by atoms with Gasteiger partial charge < -0.3 is 14.5 Å². The van der Waals surface area contributed by atoms with Crippen LogP contribution < -0.4 is 5.32 Å². The van der Waals surface area contributed by atoms with E-state index in [1.165, 1.54) is 26.0 Å². The Morgan fingerprint density at radius 3 is 2.44 bits per heavy atom. The molecule has 5 heteroatoms. The summed E-state index contributed by atoms with van der Waals surface area (Å²) in [5, 5.41) is 3.35. The first kappa shape index (κ1) is 17.6. The first-order chi connectivity index (χ1) is 8.52. The van der Waals surface area contributed by atoms with E-state index in [-0.39, 0.29) is 5.97 Å². The smallest absolute Gasteiger partial charge is 0.305 e. The largest absolute Gasteiger partial charge is 0.469 e. The Kier molecular flexibility index (Phi) is 10.3. The van der Waals surface area contributed by atoms with Crippen LogP contribution >= 0.6 is 0 Å². The Bertz CT molecular complexity index is 222. The normalized spacial score (nSPS) is 11.6. The third-order valence-electron chi connectivity index (χ3n) is 2.88. The van der Waals surface area contributed by atoms with E-state index in [0.29, 0.717) is 6.42 Å². The van der Waals surface area contributed by atoms with Gasteiger partial charge in [0.25, 0.3) is 0 Å². The minimum absolute atomic E-state index is 0.124. The van der Waals surface area contributed by atoms with Gasteiger partial charge in [0.1, 0.15) is 0 Å². The van der Waals surface area contributed by atoms with Crippen LogP contribution in [-0.4, -0.2) is 41.1 Å². The van der Waals surface area contributed by atoms with E-state index < -0.39 is 8.32 Å². The fraction of sp³-hybridized carbons (Fsp3) is 0.923. The lowest BCUT2D eigenvalue weighted by molar-refractivity contribution is -0.140. The molecule has 0 saturated heterocycles. The molecular weight excluding hydrogens is 246 g/mol. The Hall–Kier alpha value is -0.393. The molecule has 0 spiro atoms. The van der Waals surface area contributed by atoms with Crippen molar-refractivity contribution in [3.8, 4) is 0 Å². The van der Waals surface area contributed by atoms with Gasteiger partial charge in [0.2, 0.25) is 0 Å². The minimum Gasteiger partial charge on any atom is -0.469 e. The van der Waals surface area contributed by atoms with Gasteiger partial charge in [-0.15, -0.1) is 0 Å². The van der Waals surface area contributed by atoms with Gasteiger partial charge in [-0.2, -0.15) is 0 Å². The molecule has 0 aliphatic heterocycles. The van der Waals surface area contributed by atoms with E-state index in [1.54, 1.807) is 0 Å². The van der Waals surface area contributed by atoms with Gasteiger partial charge >= 0.3 is 5.97 Å². The molecule has 0 saturated carbocycles. The molecule has 108 valence electrons. The predicted molar refractivity (Wildman–Crippen MR) is 77.3 cm³/mol. The molecule has 0 amide bonds. The summed E-state index contributed by atoms with van der Waals surface area (Å²) in [4.78, 5) is 10.9. The molecule has 0 aromatic heterocycles. The third kappa shape index (κ3) is 10.7. The molecule has 0 fully saturated rings. The van der Waals surface area contributed by atoms with Crippen molar-refractivity contribution in [3.63, 3.8) is 0 Å². The van der Waals surface area contributed by atoms with E-state index in [2.05, 4.69) is 30.1 Å². The van der Waals surface area contributed by atoms with Crippen LogP contribution in [0.4, 0.5) is 0 Å². The summed E-state index contributed by atoms with van der Waals surface area (Å²) in [5.74, 6) is -0.124. The lowest BCUT2D eigenvalue weighted by Crippen LogP contribution is -2.30. The Morgan fingerprint density at radius 1 is 1.17 bits per heavy atom. The van der Waals surface area contributed by atoms with Crippen LogP contribution in [0.3, 0.4) is 0 Å². The molecule has 0 rings (SSSR count). The fourth-order valence-corrected chi connectivity index (χ4v) is 3.88. The van der Waals surface area contributed by atoms with Crippen molar-refractivity contribution in [1.82, 2.24) is 5.32 Å². The van der Waals surface area contributed by atoms with E-state index >= 15 is 0 Å². The lowest BCUT2D eigenvalue weighted by Gasteiger charge is -2.21. The molecule has 1 N–H and O–H groups in total. The number of hydrogen-bond acceptors (Lipinski definition) is 4. The van der Waals surface area contributed by atoms with Crippen LogP contribution in [0.1, 0.15) is 32.6 Å². The third-order valence-corrected chi connectivity index (χ3v) is 5.51. The molecule has 0 unspecified atom stereocenters. The number of unbranched alkanes of at least 4 members (excludes halogenated alkanes) is 1. The molecular formula is C13H29NO3Si. The number of nitrogens with one attached hydrogen (secondary N) is 1. The molecule has 0 bridgehead atoms. The van der Waals surface area contributed by atoms with E-state index in [4.69, 9.17) is 4.43 Å². The molecule has 4 nitrogen and oxygen atoms in total. The monoisotopic (exact) mass is 275 g/mol. The van der Waals surface area contributed by atoms with Crippen LogP contribution in [-0.2, 0) is 14.0 Å². The average molecular weight is 275 g/mol. The maximum absolute atomic E-state index is 10.9. The van der Waals surface area contributed by atoms with Crippen molar-refractivity contribution in [2.75, 3.05) is 26.8 Å². The predicted octanol–water partition coefficient (Wildman–Crippen LogP) is 2.55. The lowest BCUT2D eigenvalue weighted by atomic mass is 10.3. The molecule has 0 heterocycles. The van der Waals surface area contributed by atoms with Gasteiger partial charge in [-0.3, -0.25) is 4.79 Å². The highest BCUT2D eigenvalue weighted by Crippen LogP contribution is 2.14. The zero-order valence-corrected chi connectivity index (χ0v) is 13.4. The van der Waals surface area contributed by atoms with Crippen LogP contribution in [0.15, 0.2) is 0 Å². The second-order valence-electron chi connectivity index (χ2n) is 5.08. The van der Waals surface area contributed by atoms with Gasteiger partial charge in [0.05, 0.1) is 7.11 Å². The molecule has 0 aliphatic carbocycles. The first-order valence-electron chi connectivity index (χ1n) is 6.93. The van der Waals surface area contributed by atoms with Crippen LogP contribution in [0.25, 0.3) is 0 Å². The Morgan fingerprint density at radius 2 is 1.83 bits per heavy atom. The maximum Gasteiger partial charge on any atom is 0.305 e. The first-order valence-corrected chi connectivity index (χ1v) is 10.0. The number of carbonyl (C=O) groups is 1. The zero-order chi connectivity index (χ0) is 13.9. The van der Waals surface area contributed by atoms with Gasteiger partial charge in [-0.05, 0) is 52.0 Å². The zero-order valence-electron chi connectivity index (χ0n) is 12.4. The standard InChI is InChI=1S/C13H29NO3Si/c1-5-17-18(3,4)12-7-6-10-14-11-8-9-13(15)16-2/h14H,5-12H2,1-4H3. The average Bonchev–Trinajstić information content (AvgIpc) is 2.32. The van der Waals surface area contributed by atoms with Crippen LogP contribution in [0, 0.1) is 0 Å². The number of rotatable bonds is 11. The molecule has 0 atom stereocenters. The number of methoxy groups -OCH3 is 1. The number of hydrogen-bond donors (Lipinski definition) is 1. The molecule has 0 radical (unpaired) electrons. The van der Waals surface area contributed by atoms with E-state index in [9.17, 15) is 4.79 Å². The number of ether oxygens (including phenoxy) is 1. The summed E-state index contributed by atoms with van der Waals surface area (Å²) in [6, 6.07) is 1.23. The van der Waals surface area contributed by atoms with Gasteiger partial charge in [0, 0.05) is 13.0 Å². The molecule has 0 aliphatic rings. The van der Waals surface area contributed by atoms with Crippen molar-refractivity contribution < 1.29 is 14.0 Å². The molecule has 0 aromatic rings. The van der Waals surface area contributed by atoms with Gasteiger partial charge in [-0.1, -0.05) is 6.42 Å². The second kappa shape index (κ2) is 10.5. The van der Waals surface area contributed by atoms with Gasteiger partial charge in [0.15, 0.2) is 8.32 Å². The Labute approximate surface area is 113 Å². The van der Waals surface area contributed by atoms with Crippen LogP contribution in [0.5, 0.6) is 0 Å². The topological polar surface area (TPSA) is 47.6 Å². The SMILES string of the molecule is CCO[Si](C)(C)CCCCNCCCC(=O)OC. The van der Waals surface area contributed by atoms with Crippen molar-refractivity contribution >= 4 is 14.3 Å². The van der Waals surface area contributed by atoms with E-state index in [0.717, 1.165) is 26.1 Å². The molecule has 0 aromatic carbocycles. The number of carbonyl (C=O) groups excluding carboxylic acids is 1. The summed E-state index contributed by atoms with van der Waals surface area (Å²) in [7, 11) is 0.0428. The minimum atomic E-state index is -1.39. The highest BCUT2D eigenvalue weighted by atomic mass is 28.4. The summed E-state index contributed by atoms with van der Waals surface area (Å²) < 4.78 is 10.4.